The summed E-state index contributed by atoms with van der Waals surface area (Å²) in [5, 5.41) is 0. The van der Waals surface area contributed by atoms with E-state index in [0.717, 1.165) is 31.7 Å². The van der Waals surface area contributed by atoms with E-state index in [4.69, 9.17) is 10.5 Å². The van der Waals surface area contributed by atoms with Crippen LogP contribution >= 0.6 is 0 Å². The minimum Gasteiger partial charge on any atom is -0.382 e. The monoisotopic (exact) mass is 179 g/mol. The normalized spacial score (nSPS) is 18.8. The Morgan fingerprint density at radius 3 is 2.62 bits per heavy atom. The van der Waals surface area contributed by atoms with Crippen LogP contribution < -0.4 is 5.73 Å². The quantitative estimate of drug-likeness (QED) is 0.697. The summed E-state index contributed by atoms with van der Waals surface area (Å²) in [6, 6.07) is 0. The van der Waals surface area contributed by atoms with Crippen LogP contribution in [-0.2, 0) is 4.74 Å². The molecular formula is C9H13N3O. The second-order valence-corrected chi connectivity index (χ2v) is 3.21. The molecule has 1 aromatic rings. The Kier molecular flexibility index (Phi) is 2.40. The molecule has 0 atom stereocenters. The van der Waals surface area contributed by atoms with Gasteiger partial charge in [0.2, 0.25) is 0 Å². The number of rotatable bonds is 1. The van der Waals surface area contributed by atoms with Gasteiger partial charge in [-0.3, -0.25) is 4.98 Å². The predicted molar refractivity (Wildman–Crippen MR) is 49.2 cm³/mol. The molecule has 2 rings (SSSR count). The van der Waals surface area contributed by atoms with Gasteiger partial charge in [0.05, 0.1) is 5.69 Å². The van der Waals surface area contributed by atoms with E-state index >= 15 is 0 Å². The van der Waals surface area contributed by atoms with Gasteiger partial charge < -0.3 is 10.5 Å². The second kappa shape index (κ2) is 3.70. The van der Waals surface area contributed by atoms with Gasteiger partial charge >= 0.3 is 0 Å². The van der Waals surface area contributed by atoms with Crippen molar-refractivity contribution in [2.45, 2.75) is 18.8 Å². The summed E-state index contributed by atoms with van der Waals surface area (Å²) in [5.74, 6) is 0.997. The molecule has 0 saturated carbocycles. The van der Waals surface area contributed by atoms with Crippen LogP contribution in [0.15, 0.2) is 12.4 Å². The molecule has 1 fully saturated rings. The molecule has 0 radical (unpaired) electrons. The first-order valence-corrected chi connectivity index (χ1v) is 4.52. The summed E-state index contributed by atoms with van der Waals surface area (Å²) < 4.78 is 5.27. The highest BCUT2D eigenvalue weighted by Crippen LogP contribution is 2.27. The second-order valence-electron chi connectivity index (χ2n) is 3.21. The van der Waals surface area contributed by atoms with Gasteiger partial charge in [0.25, 0.3) is 0 Å². The molecule has 0 aromatic carbocycles. The lowest BCUT2D eigenvalue weighted by atomic mass is 9.96. The van der Waals surface area contributed by atoms with Crippen molar-refractivity contribution < 1.29 is 4.74 Å². The third kappa shape index (κ3) is 1.78. The highest BCUT2D eigenvalue weighted by atomic mass is 16.5. The Labute approximate surface area is 77.1 Å². The maximum absolute atomic E-state index is 5.74. The summed E-state index contributed by atoms with van der Waals surface area (Å²) in [6.07, 6.45) is 5.32. The molecule has 13 heavy (non-hydrogen) atoms. The van der Waals surface area contributed by atoms with E-state index in [1.165, 1.54) is 0 Å². The van der Waals surface area contributed by atoms with Gasteiger partial charge in [-0.05, 0) is 12.8 Å². The molecule has 4 heteroatoms. The lowest BCUT2D eigenvalue weighted by Crippen LogP contribution is -2.16. The van der Waals surface area contributed by atoms with Gasteiger partial charge in [-0.2, -0.15) is 0 Å². The number of ether oxygens (including phenoxy) is 1. The van der Waals surface area contributed by atoms with Crippen molar-refractivity contribution in [3.05, 3.63) is 18.1 Å². The summed E-state index contributed by atoms with van der Waals surface area (Å²) in [5.41, 5.74) is 6.67. The molecule has 0 spiro atoms. The van der Waals surface area contributed by atoms with Gasteiger partial charge in [-0.25, -0.2) is 4.98 Å². The highest BCUT2D eigenvalue weighted by Gasteiger charge is 2.19. The number of anilines is 1. The zero-order valence-corrected chi connectivity index (χ0v) is 7.44. The lowest BCUT2D eigenvalue weighted by molar-refractivity contribution is 0.0846. The number of nitrogens with zero attached hydrogens (tertiary/aromatic N) is 2. The van der Waals surface area contributed by atoms with Crippen molar-refractivity contribution >= 4 is 5.82 Å². The maximum Gasteiger partial charge on any atom is 0.145 e. The highest BCUT2D eigenvalue weighted by molar-refractivity contribution is 5.35. The number of nitrogens with two attached hydrogens (primary N) is 1. The number of aromatic nitrogens is 2. The van der Waals surface area contributed by atoms with Crippen LogP contribution in [0.25, 0.3) is 0 Å². The first-order valence-electron chi connectivity index (χ1n) is 4.52. The Bertz CT molecular complexity index is 284. The van der Waals surface area contributed by atoms with Crippen LogP contribution in [0.5, 0.6) is 0 Å². The Balaban J connectivity index is 2.18. The van der Waals surface area contributed by atoms with Crippen molar-refractivity contribution in [2.24, 2.45) is 0 Å². The van der Waals surface area contributed by atoms with E-state index in [2.05, 4.69) is 9.97 Å². The van der Waals surface area contributed by atoms with E-state index in [0.29, 0.717) is 11.7 Å². The summed E-state index contributed by atoms with van der Waals surface area (Å²) >= 11 is 0. The zero-order chi connectivity index (χ0) is 9.10. The Morgan fingerprint density at radius 2 is 1.92 bits per heavy atom. The average Bonchev–Trinajstić information content (AvgIpc) is 2.20. The lowest BCUT2D eigenvalue weighted by Gasteiger charge is -2.21. The van der Waals surface area contributed by atoms with E-state index in [1.807, 2.05) is 0 Å². The number of hydrogen-bond acceptors (Lipinski definition) is 4. The van der Waals surface area contributed by atoms with Crippen LogP contribution in [-0.4, -0.2) is 23.2 Å². The Morgan fingerprint density at radius 1 is 1.23 bits per heavy atom. The first kappa shape index (κ1) is 8.44. The van der Waals surface area contributed by atoms with Crippen molar-refractivity contribution in [2.75, 3.05) is 18.9 Å². The molecule has 1 aromatic heterocycles. The van der Waals surface area contributed by atoms with Gasteiger partial charge in [-0.1, -0.05) is 0 Å². The van der Waals surface area contributed by atoms with Gasteiger partial charge in [-0.15, -0.1) is 0 Å². The van der Waals surface area contributed by atoms with E-state index in [1.54, 1.807) is 12.4 Å². The first-order chi connectivity index (χ1) is 6.38. The largest absolute Gasteiger partial charge is 0.382 e. The molecule has 1 aliphatic heterocycles. The maximum atomic E-state index is 5.74. The topological polar surface area (TPSA) is 61.0 Å². The number of nitrogen functional groups attached to an aromatic ring is 1. The van der Waals surface area contributed by atoms with Gasteiger partial charge in [0.15, 0.2) is 0 Å². The molecule has 70 valence electrons. The number of hydrogen-bond donors (Lipinski definition) is 1. The van der Waals surface area contributed by atoms with E-state index in [9.17, 15) is 0 Å². The SMILES string of the molecule is Nc1nccnc1C1CCOCC1. The fraction of sp³-hybridized carbons (Fsp3) is 0.556. The molecule has 2 N–H and O–H groups in total. The van der Waals surface area contributed by atoms with Crippen molar-refractivity contribution in [3.8, 4) is 0 Å². The fourth-order valence-corrected chi connectivity index (χ4v) is 1.65. The summed E-state index contributed by atoms with van der Waals surface area (Å²) in [6.45, 7) is 1.61. The van der Waals surface area contributed by atoms with E-state index < -0.39 is 0 Å². The average molecular weight is 179 g/mol. The van der Waals surface area contributed by atoms with Crippen LogP contribution in [0, 0.1) is 0 Å². The van der Waals surface area contributed by atoms with Crippen LogP contribution in [0.4, 0.5) is 5.82 Å². The van der Waals surface area contributed by atoms with Crippen molar-refractivity contribution in [1.29, 1.82) is 0 Å². The van der Waals surface area contributed by atoms with Gasteiger partial charge in [0, 0.05) is 31.5 Å². The smallest absolute Gasteiger partial charge is 0.145 e. The van der Waals surface area contributed by atoms with Gasteiger partial charge in [0.1, 0.15) is 5.82 Å². The molecule has 1 saturated heterocycles. The molecule has 0 amide bonds. The zero-order valence-electron chi connectivity index (χ0n) is 7.44. The van der Waals surface area contributed by atoms with Crippen LogP contribution in [0.1, 0.15) is 24.5 Å². The molecule has 0 aliphatic carbocycles. The molecule has 1 aliphatic rings. The molecular weight excluding hydrogens is 166 g/mol. The van der Waals surface area contributed by atoms with Crippen LogP contribution in [0.3, 0.4) is 0 Å². The van der Waals surface area contributed by atoms with Crippen LogP contribution in [0.2, 0.25) is 0 Å². The fourth-order valence-electron chi connectivity index (χ4n) is 1.65. The third-order valence-electron chi connectivity index (χ3n) is 2.36. The molecule has 0 unspecified atom stereocenters. The molecule has 4 nitrogen and oxygen atoms in total. The molecule has 2 heterocycles. The van der Waals surface area contributed by atoms with E-state index in [-0.39, 0.29) is 0 Å². The molecule has 0 bridgehead atoms. The standard InChI is InChI=1S/C9H13N3O/c10-9-8(11-3-4-12-9)7-1-5-13-6-2-7/h3-4,7H,1-2,5-6H2,(H2,10,12). The summed E-state index contributed by atoms with van der Waals surface area (Å²) in [4.78, 5) is 8.29. The minimum absolute atomic E-state index is 0.433. The predicted octanol–water partition coefficient (Wildman–Crippen LogP) is 0.953. The summed E-state index contributed by atoms with van der Waals surface area (Å²) in [7, 11) is 0. The third-order valence-corrected chi connectivity index (χ3v) is 2.36. The minimum atomic E-state index is 0.433. The Hall–Kier alpha value is -1.16. The van der Waals surface area contributed by atoms with Crippen molar-refractivity contribution in [1.82, 2.24) is 9.97 Å². The van der Waals surface area contributed by atoms with Crippen molar-refractivity contribution in [3.63, 3.8) is 0 Å².